The molecule has 1 fully saturated rings. The van der Waals surface area contributed by atoms with E-state index in [4.69, 9.17) is 10.5 Å². The van der Waals surface area contributed by atoms with Crippen molar-refractivity contribution in [1.82, 2.24) is 4.90 Å². The van der Waals surface area contributed by atoms with Gasteiger partial charge in [0, 0.05) is 18.0 Å². The Balaban J connectivity index is 1.21. The van der Waals surface area contributed by atoms with Gasteiger partial charge in [-0.2, -0.15) is 0 Å². The third-order valence-corrected chi connectivity index (χ3v) is 6.48. The van der Waals surface area contributed by atoms with E-state index in [-0.39, 0.29) is 11.3 Å². The lowest BCUT2D eigenvalue weighted by Crippen LogP contribution is -2.43. The summed E-state index contributed by atoms with van der Waals surface area (Å²) in [5.74, 6) is 1.17. The monoisotopic (exact) mass is 387 g/mol. The van der Waals surface area contributed by atoms with Gasteiger partial charge in [0.15, 0.2) is 0 Å². The number of thioether (sulfide) groups is 1. The van der Waals surface area contributed by atoms with E-state index in [1.165, 1.54) is 35.6 Å². The smallest absolute Gasteiger partial charge is 0.130 e. The summed E-state index contributed by atoms with van der Waals surface area (Å²) >= 11 is 1.75. The second-order valence-electron chi connectivity index (χ2n) is 7.22. The van der Waals surface area contributed by atoms with Crippen LogP contribution in [0.4, 0.5) is 10.1 Å². The first-order valence-corrected chi connectivity index (χ1v) is 10.5. The van der Waals surface area contributed by atoms with Crippen LogP contribution in [0.1, 0.15) is 12.8 Å². The van der Waals surface area contributed by atoms with Gasteiger partial charge in [0.25, 0.3) is 0 Å². The second-order valence-corrected chi connectivity index (χ2v) is 8.37. The van der Waals surface area contributed by atoms with E-state index in [1.54, 1.807) is 23.9 Å². The lowest BCUT2D eigenvalue weighted by atomic mass is 9.96. The molecule has 2 aliphatic heterocycles. The molecule has 2 aromatic carbocycles. The van der Waals surface area contributed by atoms with Gasteiger partial charge in [-0.15, -0.1) is 0 Å². The van der Waals surface area contributed by atoms with E-state index in [1.807, 2.05) is 0 Å². The van der Waals surface area contributed by atoms with Crippen molar-refractivity contribution in [2.24, 2.45) is 11.7 Å². The third-order valence-electron chi connectivity index (χ3n) is 5.38. The lowest BCUT2D eigenvalue weighted by molar-refractivity contribution is 0.156. The van der Waals surface area contributed by atoms with E-state index >= 15 is 0 Å². The lowest BCUT2D eigenvalue weighted by Gasteiger charge is -2.35. The van der Waals surface area contributed by atoms with Crippen molar-refractivity contribution in [3.8, 4) is 5.75 Å². The number of likely N-dealkylation sites (tertiary alicyclic amines) is 1. The summed E-state index contributed by atoms with van der Waals surface area (Å²) in [6.45, 7) is 4.76. The number of hydrogen-bond acceptors (Lipinski definition) is 5. The molecule has 0 bridgehead atoms. The zero-order chi connectivity index (χ0) is 18.6. The molecule has 1 saturated heterocycles. The van der Waals surface area contributed by atoms with Crippen molar-refractivity contribution < 1.29 is 9.13 Å². The fourth-order valence-corrected chi connectivity index (χ4v) is 4.87. The Morgan fingerprint density at radius 1 is 1.07 bits per heavy atom. The summed E-state index contributed by atoms with van der Waals surface area (Å²) < 4.78 is 18.6. The van der Waals surface area contributed by atoms with Crippen LogP contribution in [0, 0.1) is 11.7 Å². The van der Waals surface area contributed by atoms with Crippen molar-refractivity contribution in [3.05, 3.63) is 54.3 Å². The summed E-state index contributed by atoms with van der Waals surface area (Å²) in [6, 6.07) is 14.7. The molecule has 0 aromatic heterocycles. The van der Waals surface area contributed by atoms with Crippen LogP contribution in [0.25, 0.3) is 0 Å². The van der Waals surface area contributed by atoms with E-state index in [9.17, 15) is 4.39 Å². The summed E-state index contributed by atoms with van der Waals surface area (Å²) in [5, 5.41) is 0. The first kappa shape index (κ1) is 18.6. The molecule has 0 spiro atoms. The Morgan fingerprint density at radius 3 is 2.59 bits per heavy atom. The molecule has 144 valence electrons. The van der Waals surface area contributed by atoms with Crippen LogP contribution in [0.3, 0.4) is 0 Å². The highest BCUT2D eigenvalue weighted by Gasteiger charge is 2.30. The van der Waals surface area contributed by atoms with Gasteiger partial charge < -0.3 is 15.4 Å². The number of benzene rings is 2. The molecule has 4 rings (SSSR count). The van der Waals surface area contributed by atoms with Gasteiger partial charge in [-0.25, -0.2) is 4.39 Å². The van der Waals surface area contributed by atoms with Gasteiger partial charge in [0.1, 0.15) is 23.7 Å². The van der Waals surface area contributed by atoms with Crippen LogP contribution in [0.15, 0.2) is 53.4 Å². The van der Waals surface area contributed by atoms with Gasteiger partial charge in [0.2, 0.25) is 0 Å². The van der Waals surface area contributed by atoms with E-state index in [0.29, 0.717) is 12.5 Å². The number of para-hydroxylation sites is 1. The zero-order valence-corrected chi connectivity index (χ0v) is 16.2. The molecular weight excluding hydrogens is 361 g/mol. The SMILES string of the molecule is NC1Sc2ccccc2N1CC1CCN(CCOc2ccc(F)cc2)CC1. The Bertz CT molecular complexity index is 749. The standard InChI is InChI=1S/C21H26FN3OS/c22-17-5-7-18(8-6-17)26-14-13-24-11-9-16(10-12-24)15-25-19-3-1-2-4-20(19)27-21(25)23/h1-8,16,21H,9-15,23H2. The first-order chi connectivity index (χ1) is 13.2. The fraction of sp³-hybridized carbons (Fsp3) is 0.429. The minimum Gasteiger partial charge on any atom is -0.492 e. The van der Waals surface area contributed by atoms with Crippen molar-refractivity contribution >= 4 is 17.4 Å². The van der Waals surface area contributed by atoms with Crippen LogP contribution in [0.5, 0.6) is 5.75 Å². The highest BCUT2D eigenvalue weighted by atomic mass is 32.2. The largest absolute Gasteiger partial charge is 0.492 e. The number of ether oxygens (including phenoxy) is 1. The molecule has 0 radical (unpaired) electrons. The van der Waals surface area contributed by atoms with Crippen molar-refractivity contribution in [2.75, 3.05) is 37.7 Å². The Morgan fingerprint density at radius 2 is 1.81 bits per heavy atom. The minimum atomic E-state index is -0.233. The Labute approximate surface area is 164 Å². The van der Waals surface area contributed by atoms with Crippen molar-refractivity contribution in [1.29, 1.82) is 0 Å². The molecule has 0 saturated carbocycles. The average Bonchev–Trinajstić information content (AvgIpc) is 3.00. The summed E-state index contributed by atoms with van der Waals surface area (Å²) in [7, 11) is 0. The molecule has 2 aliphatic rings. The van der Waals surface area contributed by atoms with Crippen LogP contribution < -0.4 is 15.4 Å². The number of halogens is 1. The van der Waals surface area contributed by atoms with Crippen LogP contribution in [0.2, 0.25) is 0 Å². The molecule has 0 amide bonds. The predicted molar refractivity (Wildman–Crippen MR) is 109 cm³/mol. The fourth-order valence-electron chi connectivity index (χ4n) is 3.82. The molecule has 2 N–H and O–H groups in total. The van der Waals surface area contributed by atoms with E-state index < -0.39 is 0 Å². The molecule has 2 aromatic rings. The summed E-state index contributed by atoms with van der Waals surface area (Å²) in [5.41, 5.74) is 7.66. The highest BCUT2D eigenvalue weighted by molar-refractivity contribution is 8.00. The number of hydrogen-bond donors (Lipinski definition) is 1. The van der Waals surface area contributed by atoms with Crippen molar-refractivity contribution in [3.63, 3.8) is 0 Å². The predicted octanol–water partition coefficient (Wildman–Crippen LogP) is 3.77. The zero-order valence-electron chi connectivity index (χ0n) is 15.4. The molecule has 0 aliphatic carbocycles. The number of nitrogens with two attached hydrogens (primary N) is 1. The van der Waals surface area contributed by atoms with Crippen LogP contribution in [-0.4, -0.2) is 43.2 Å². The Hall–Kier alpha value is -1.76. The van der Waals surface area contributed by atoms with Gasteiger partial charge >= 0.3 is 0 Å². The molecule has 27 heavy (non-hydrogen) atoms. The number of piperidine rings is 1. The summed E-state index contributed by atoms with van der Waals surface area (Å²) in [4.78, 5) is 6.10. The normalized spacial score (nSPS) is 20.7. The van der Waals surface area contributed by atoms with Crippen LogP contribution in [-0.2, 0) is 0 Å². The minimum absolute atomic E-state index is 0.0320. The maximum absolute atomic E-state index is 12.9. The van der Waals surface area contributed by atoms with Gasteiger partial charge in [0.05, 0.1) is 5.69 Å². The number of rotatable bonds is 6. The van der Waals surface area contributed by atoms with Gasteiger partial charge in [-0.3, -0.25) is 4.90 Å². The quantitative estimate of drug-likeness (QED) is 0.817. The first-order valence-electron chi connectivity index (χ1n) is 9.58. The molecule has 1 atom stereocenters. The second kappa shape index (κ2) is 8.50. The molecule has 2 heterocycles. The van der Waals surface area contributed by atoms with Gasteiger partial charge in [-0.05, 0) is 68.2 Å². The van der Waals surface area contributed by atoms with E-state index in [2.05, 4.69) is 34.1 Å². The average molecular weight is 388 g/mol. The number of fused-ring (bicyclic) bond motifs is 1. The molecular formula is C21H26FN3OS. The maximum atomic E-state index is 12.9. The van der Waals surface area contributed by atoms with Gasteiger partial charge in [-0.1, -0.05) is 23.9 Å². The summed E-state index contributed by atoms with van der Waals surface area (Å²) in [6.07, 6.45) is 2.37. The highest BCUT2D eigenvalue weighted by Crippen LogP contribution is 2.41. The number of nitrogens with zero attached hydrogens (tertiary/aromatic N) is 2. The molecule has 1 unspecified atom stereocenters. The molecule has 6 heteroatoms. The Kier molecular flexibility index (Phi) is 5.86. The topological polar surface area (TPSA) is 41.7 Å². The number of anilines is 1. The molecule has 4 nitrogen and oxygen atoms in total. The van der Waals surface area contributed by atoms with Crippen molar-refractivity contribution in [2.45, 2.75) is 23.2 Å². The third kappa shape index (κ3) is 4.57. The maximum Gasteiger partial charge on any atom is 0.130 e. The van der Waals surface area contributed by atoms with Crippen LogP contribution >= 0.6 is 11.8 Å². The van der Waals surface area contributed by atoms with E-state index in [0.717, 1.165) is 31.9 Å².